The van der Waals surface area contributed by atoms with Crippen LogP contribution in [0, 0.1) is 0 Å². The van der Waals surface area contributed by atoms with Gasteiger partial charge in [-0.15, -0.1) is 0 Å². The molecule has 0 saturated carbocycles. The van der Waals surface area contributed by atoms with Crippen LogP contribution in [-0.4, -0.2) is 0 Å². The molecule has 216 valence electrons. The first-order valence-electron chi connectivity index (χ1n) is 14.9. The highest BCUT2D eigenvalue weighted by Gasteiger charge is 2.29. The summed E-state index contributed by atoms with van der Waals surface area (Å²) in [6.45, 7) is 8.00. The van der Waals surface area contributed by atoms with E-state index in [4.69, 9.17) is 0 Å². The van der Waals surface area contributed by atoms with E-state index < -0.39 is 0 Å². The highest BCUT2D eigenvalue weighted by Crippen LogP contribution is 2.36. The monoisotopic (exact) mass is 616 g/mol. The minimum Gasteiger partial charge on any atom is -0.0901 e. The lowest BCUT2D eigenvalue weighted by Gasteiger charge is -2.10. The summed E-state index contributed by atoms with van der Waals surface area (Å²) in [5, 5.41) is 0. The second-order valence-corrected chi connectivity index (χ2v) is 14.1. The second kappa shape index (κ2) is 17.5. The van der Waals surface area contributed by atoms with Gasteiger partial charge in [0, 0.05) is 9.79 Å². The van der Waals surface area contributed by atoms with E-state index in [0.29, 0.717) is 0 Å². The molecule has 0 unspecified atom stereocenters. The quantitative estimate of drug-likeness (QED) is 0.153. The standard InChI is InChI=1S/C36H28S3.2C2H6/c1-5-13-31(14-6-1)38(32-15-7-2-8-16-32)35-25-21-29(22-26-35)37-30-23-27-36(28-24-30)39(33-17-9-3-10-18-33)34-19-11-4-12-20-34;2*1-2/h1-28H;2*1-2H3/q+2;;. The molecule has 0 heterocycles. The predicted molar refractivity (Wildman–Crippen MR) is 190 cm³/mol. The molecule has 3 heteroatoms. The Morgan fingerprint density at radius 2 is 0.488 bits per heavy atom. The third-order valence-electron chi connectivity index (χ3n) is 6.27. The van der Waals surface area contributed by atoms with Gasteiger partial charge in [-0.1, -0.05) is 112 Å². The minimum absolute atomic E-state index is 0.123. The molecule has 0 aliphatic heterocycles. The van der Waals surface area contributed by atoms with Crippen LogP contribution in [0.4, 0.5) is 0 Å². The molecule has 0 atom stereocenters. The van der Waals surface area contributed by atoms with Gasteiger partial charge in [0.25, 0.3) is 0 Å². The van der Waals surface area contributed by atoms with E-state index in [1.807, 2.05) is 39.5 Å². The molecule has 0 aromatic heterocycles. The molecule has 0 amide bonds. The summed E-state index contributed by atoms with van der Waals surface area (Å²) < 4.78 is 0. The average Bonchev–Trinajstić information content (AvgIpc) is 3.10. The molecule has 0 fully saturated rings. The Hall–Kier alpha value is -3.63. The van der Waals surface area contributed by atoms with Crippen LogP contribution in [0.3, 0.4) is 0 Å². The van der Waals surface area contributed by atoms with Gasteiger partial charge in [-0.05, 0) is 97.1 Å². The highest BCUT2D eigenvalue weighted by atomic mass is 32.2. The fourth-order valence-electron chi connectivity index (χ4n) is 4.47. The van der Waals surface area contributed by atoms with Gasteiger partial charge in [0.15, 0.2) is 29.4 Å². The largest absolute Gasteiger partial charge is 0.166 e. The summed E-state index contributed by atoms with van der Waals surface area (Å²) in [5.41, 5.74) is 0. The maximum Gasteiger partial charge on any atom is 0.166 e. The Morgan fingerprint density at radius 3 is 0.721 bits per heavy atom. The van der Waals surface area contributed by atoms with Crippen molar-refractivity contribution in [2.75, 3.05) is 0 Å². The van der Waals surface area contributed by atoms with Crippen molar-refractivity contribution in [1.82, 2.24) is 0 Å². The summed E-state index contributed by atoms with van der Waals surface area (Å²) in [6, 6.07) is 61.5. The molecule has 0 saturated heterocycles. The van der Waals surface area contributed by atoms with Crippen LogP contribution in [0.25, 0.3) is 0 Å². The molecular weight excluding hydrogens is 577 g/mol. The second-order valence-electron chi connectivity index (χ2n) is 8.91. The van der Waals surface area contributed by atoms with Crippen molar-refractivity contribution >= 4 is 33.6 Å². The number of benzene rings is 6. The van der Waals surface area contributed by atoms with E-state index >= 15 is 0 Å². The zero-order chi connectivity index (χ0) is 30.3. The zero-order valence-electron chi connectivity index (χ0n) is 25.4. The topological polar surface area (TPSA) is 0 Å². The Balaban J connectivity index is 0.00000102. The lowest BCUT2D eigenvalue weighted by molar-refractivity contribution is 1.27. The van der Waals surface area contributed by atoms with Crippen molar-refractivity contribution in [2.24, 2.45) is 0 Å². The Labute approximate surface area is 268 Å². The summed E-state index contributed by atoms with van der Waals surface area (Å²) in [5.74, 6) is 0. The summed E-state index contributed by atoms with van der Waals surface area (Å²) in [7, 11) is -0.245. The Kier molecular flexibility index (Phi) is 13.1. The molecule has 0 nitrogen and oxygen atoms in total. The molecule has 0 N–H and O–H groups in total. The van der Waals surface area contributed by atoms with Gasteiger partial charge in [-0.25, -0.2) is 0 Å². The smallest absolute Gasteiger partial charge is 0.0901 e. The van der Waals surface area contributed by atoms with Gasteiger partial charge in [-0.3, -0.25) is 0 Å². The Morgan fingerprint density at radius 1 is 0.279 bits per heavy atom. The van der Waals surface area contributed by atoms with Gasteiger partial charge < -0.3 is 0 Å². The minimum atomic E-state index is -0.123. The third-order valence-corrected chi connectivity index (χ3v) is 11.7. The van der Waals surface area contributed by atoms with Crippen molar-refractivity contribution < 1.29 is 0 Å². The van der Waals surface area contributed by atoms with Crippen LogP contribution >= 0.6 is 11.8 Å². The van der Waals surface area contributed by atoms with E-state index in [9.17, 15) is 0 Å². The maximum absolute atomic E-state index is 2.29. The van der Waals surface area contributed by atoms with E-state index in [-0.39, 0.29) is 21.8 Å². The van der Waals surface area contributed by atoms with Crippen molar-refractivity contribution in [2.45, 2.75) is 66.9 Å². The number of hydrogen-bond donors (Lipinski definition) is 0. The molecular formula is C40H40S3+2. The van der Waals surface area contributed by atoms with Crippen LogP contribution in [0.2, 0.25) is 0 Å². The van der Waals surface area contributed by atoms with E-state index in [0.717, 1.165) is 0 Å². The summed E-state index contributed by atoms with van der Waals surface area (Å²) in [6.07, 6.45) is 0. The summed E-state index contributed by atoms with van der Waals surface area (Å²) in [4.78, 5) is 10.5. The fourth-order valence-corrected chi connectivity index (χ4v) is 9.45. The third kappa shape index (κ3) is 8.70. The van der Waals surface area contributed by atoms with Crippen LogP contribution in [-0.2, 0) is 21.8 Å². The molecule has 0 aliphatic rings. The Bertz CT molecular complexity index is 1380. The molecule has 0 aliphatic carbocycles. The first-order valence-corrected chi connectivity index (χ1v) is 18.2. The molecule has 43 heavy (non-hydrogen) atoms. The van der Waals surface area contributed by atoms with Crippen LogP contribution in [0.5, 0.6) is 0 Å². The van der Waals surface area contributed by atoms with Gasteiger partial charge in [-0.2, -0.15) is 0 Å². The van der Waals surface area contributed by atoms with Crippen molar-refractivity contribution in [3.63, 3.8) is 0 Å². The van der Waals surface area contributed by atoms with Gasteiger partial charge in [0.2, 0.25) is 0 Å². The highest BCUT2D eigenvalue weighted by molar-refractivity contribution is 7.99. The molecule has 6 aromatic rings. The van der Waals surface area contributed by atoms with Crippen LogP contribution in [0.1, 0.15) is 27.7 Å². The average molecular weight is 617 g/mol. The maximum atomic E-state index is 2.29. The molecule has 6 aromatic carbocycles. The zero-order valence-corrected chi connectivity index (χ0v) is 27.8. The lowest BCUT2D eigenvalue weighted by Crippen LogP contribution is -2.04. The van der Waals surface area contributed by atoms with Crippen molar-refractivity contribution in [1.29, 1.82) is 0 Å². The van der Waals surface area contributed by atoms with Gasteiger partial charge >= 0.3 is 0 Å². The number of rotatable bonds is 8. The number of hydrogen-bond acceptors (Lipinski definition) is 1. The fraction of sp³-hybridized carbons (Fsp3) is 0.100. The lowest BCUT2D eigenvalue weighted by atomic mass is 10.3. The van der Waals surface area contributed by atoms with Crippen molar-refractivity contribution in [3.8, 4) is 0 Å². The first kappa shape index (κ1) is 32.3. The van der Waals surface area contributed by atoms with Crippen molar-refractivity contribution in [3.05, 3.63) is 170 Å². The van der Waals surface area contributed by atoms with E-state index in [1.165, 1.54) is 39.2 Å². The SMILES string of the molecule is CC.CC.c1ccc([S+](c2ccccc2)c2ccc(Sc3ccc([S+](c4ccccc4)c4ccccc4)cc3)cc2)cc1. The van der Waals surface area contributed by atoms with Gasteiger partial charge in [0.1, 0.15) is 0 Å². The molecule has 0 radical (unpaired) electrons. The van der Waals surface area contributed by atoms with Gasteiger partial charge in [0.05, 0.1) is 21.8 Å². The van der Waals surface area contributed by atoms with E-state index in [2.05, 4.69) is 170 Å². The first-order chi connectivity index (χ1) is 21.3. The molecule has 0 bridgehead atoms. The normalized spacial score (nSPS) is 10.4. The van der Waals surface area contributed by atoms with Crippen LogP contribution in [0.15, 0.2) is 209 Å². The molecule has 0 spiro atoms. The molecule has 6 rings (SSSR count). The van der Waals surface area contributed by atoms with E-state index in [1.54, 1.807) is 0 Å². The summed E-state index contributed by atoms with van der Waals surface area (Å²) >= 11 is 1.82. The predicted octanol–water partition coefficient (Wildman–Crippen LogP) is 12.1. The van der Waals surface area contributed by atoms with Crippen LogP contribution < -0.4 is 0 Å².